The number of nitrogens with one attached hydrogen (secondary N) is 2. The Morgan fingerprint density at radius 1 is 0.781 bits per heavy atom. The van der Waals surface area contributed by atoms with Gasteiger partial charge in [0, 0.05) is 5.69 Å². The van der Waals surface area contributed by atoms with Crippen LogP contribution in [0.1, 0.15) is 40.1 Å². The van der Waals surface area contributed by atoms with Gasteiger partial charge in [0.1, 0.15) is 6.04 Å². The zero-order chi connectivity index (χ0) is 22.8. The van der Waals surface area contributed by atoms with Crippen molar-refractivity contribution in [1.82, 2.24) is 4.90 Å². The van der Waals surface area contributed by atoms with E-state index in [1.165, 1.54) is 0 Å². The molecule has 0 aliphatic carbocycles. The van der Waals surface area contributed by atoms with Gasteiger partial charge in [0.2, 0.25) is 5.91 Å². The highest BCUT2D eigenvalue weighted by Gasteiger charge is 2.43. The van der Waals surface area contributed by atoms with Crippen LogP contribution in [0, 0.1) is 12.8 Å². The summed E-state index contributed by atoms with van der Waals surface area (Å²) in [5.41, 5.74) is 3.99. The summed E-state index contributed by atoms with van der Waals surface area (Å²) in [6.07, 6.45) is 0. The maximum absolute atomic E-state index is 13.3. The quantitative estimate of drug-likeness (QED) is 0.543. The predicted molar refractivity (Wildman–Crippen MR) is 125 cm³/mol. The van der Waals surface area contributed by atoms with Crippen molar-refractivity contribution in [2.24, 2.45) is 5.92 Å². The number of hydrogen-bond donors (Lipinski definition) is 2. The Balaban J connectivity index is 1.59. The molecule has 6 heteroatoms. The van der Waals surface area contributed by atoms with Crippen molar-refractivity contribution < 1.29 is 14.4 Å². The molecule has 162 valence electrons. The SMILES string of the molecule is Cc1ccc(Nc2ccccc2NC(=O)C(C(C)C)N2C(=O)c3ccccc3C2=O)cc1. The number of benzene rings is 3. The van der Waals surface area contributed by atoms with Gasteiger partial charge in [-0.1, -0.05) is 55.8 Å². The standard InChI is InChI=1S/C26H25N3O3/c1-16(2)23(29-25(31)19-8-4-5-9-20(19)26(29)32)24(30)28-22-11-7-6-10-21(22)27-18-14-12-17(3)13-15-18/h4-16,23,27H,1-3H3,(H,28,30). The lowest BCUT2D eigenvalue weighted by atomic mass is 10.0. The molecule has 1 aliphatic rings. The van der Waals surface area contributed by atoms with Gasteiger partial charge in [0.25, 0.3) is 11.8 Å². The number of rotatable bonds is 6. The molecule has 1 heterocycles. The molecule has 0 fully saturated rings. The van der Waals surface area contributed by atoms with Crippen molar-refractivity contribution in [1.29, 1.82) is 0 Å². The maximum atomic E-state index is 13.3. The van der Waals surface area contributed by atoms with Crippen molar-refractivity contribution in [3.63, 3.8) is 0 Å². The molecule has 0 saturated heterocycles. The summed E-state index contributed by atoms with van der Waals surface area (Å²) < 4.78 is 0. The number of nitrogens with zero attached hydrogens (tertiary/aromatic N) is 1. The Labute approximate surface area is 187 Å². The monoisotopic (exact) mass is 427 g/mol. The molecule has 1 aliphatic heterocycles. The fourth-order valence-electron chi connectivity index (χ4n) is 3.88. The smallest absolute Gasteiger partial charge is 0.262 e. The van der Waals surface area contributed by atoms with E-state index in [0.717, 1.165) is 21.8 Å². The van der Waals surface area contributed by atoms with Gasteiger partial charge in [-0.2, -0.15) is 0 Å². The number of imide groups is 1. The van der Waals surface area contributed by atoms with Crippen LogP contribution in [-0.2, 0) is 4.79 Å². The van der Waals surface area contributed by atoms with Gasteiger partial charge in [-0.15, -0.1) is 0 Å². The third-order valence-electron chi connectivity index (χ3n) is 5.52. The van der Waals surface area contributed by atoms with Crippen LogP contribution in [0.4, 0.5) is 17.1 Å². The van der Waals surface area contributed by atoms with Crippen molar-refractivity contribution in [3.05, 3.63) is 89.5 Å². The first-order chi connectivity index (χ1) is 15.4. The Morgan fingerprint density at radius 3 is 1.88 bits per heavy atom. The Morgan fingerprint density at radius 2 is 1.31 bits per heavy atom. The Bertz CT molecular complexity index is 1150. The van der Waals surface area contributed by atoms with E-state index in [1.807, 2.05) is 63.2 Å². The molecule has 3 aromatic rings. The van der Waals surface area contributed by atoms with Crippen LogP contribution in [-0.4, -0.2) is 28.7 Å². The number of carbonyl (C=O) groups excluding carboxylic acids is 3. The van der Waals surface area contributed by atoms with Crippen LogP contribution in [0.15, 0.2) is 72.8 Å². The molecule has 6 nitrogen and oxygen atoms in total. The molecule has 32 heavy (non-hydrogen) atoms. The van der Waals surface area contributed by atoms with E-state index in [0.29, 0.717) is 16.8 Å². The molecular formula is C26H25N3O3. The van der Waals surface area contributed by atoms with Gasteiger partial charge < -0.3 is 10.6 Å². The molecule has 0 bridgehead atoms. The molecule has 0 saturated carbocycles. The van der Waals surface area contributed by atoms with Gasteiger partial charge >= 0.3 is 0 Å². The van der Waals surface area contributed by atoms with E-state index in [2.05, 4.69) is 10.6 Å². The first-order valence-corrected chi connectivity index (χ1v) is 10.6. The largest absolute Gasteiger partial charge is 0.354 e. The van der Waals surface area contributed by atoms with Crippen molar-refractivity contribution >= 4 is 34.8 Å². The first kappa shape index (κ1) is 21.3. The van der Waals surface area contributed by atoms with Gasteiger partial charge in [-0.3, -0.25) is 19.3 Å². The van der Waals surface area contributed by atoms with Crippen LogP contribution in [0.3, 0.4) is 0 Å². The summed E-state index contributed by atoms with van der Waals surface area (Å²) in [5.74, 6) is -1.56. The van der Waals surface area contributed by atoms with Crippen molar-refractivity contribution in [2.75, 3.05) is 10.6 Å². The Kier molecular flexibility index (Phi) is 5.77. The third kappa shape index (κ3) is 3.99. The average Bonchev–Trinajstić information content (AvgIpc) is 3.02. The summed E-state index contributed by atoms with van der Waals surface area (Å²) in [4.78, 5) is 40.3. The molecule has 4 rings (SSSR count). The second-order valence-electron chi connectivity index (χ2n) is 8.24. The second-order valence-corrected chi connectivity index (χ2v) is 8.24. The predicted octanol–water partition coefficient (Wildman–Crippen LogP) is 5.00. The average molecular weight is 428 g/mol. The molecular weight excluding hydrogens is 402 g/mol. The normalized spacial score (nSPS) is 13.8. The van der Waals surface area contributed by atoms with Gasteiger partial charge in [0.15, 0.2) is 0 Å². The minimum atomic E-state index is -0.935. The van der Waals surface area contributed by atoms with Crippen LogP contribution in [0.5, 0.6) is 0 Å². The topological polar surface area (TPSA) is 78.5 Å². The van der Waals surface area contributed by atoms with Crippen molar-refractivity contribution in [2.45, 2.75) is 26.8 Å². The highest BCUT2D eigenvalue weighted by Crippen LogP contribution is 2.30. The lowest BCUT2D eigenvalue weighted by Crippen LogP contribution is -2.50. The van der Waals surface area contributed by atoms with E-state index in [9.17, 15) is 14.4 Å². The highest BCUT2D eigenvalue weighted by atomic mass is 16.2. The second kappa shape index (κ2) is 8.67. The molecule has 0 aromatic heterocycles. The van der Waals surface area contributed by atoms with Gasteiger partial charge in [-0.25, -0.2) is 0 Å². The van der Waals surface area contributed by atoms with Crippen molar-refractivity contribution in [3.8, 4) is 0 Å². The first-order valence-electron chi connectivity index (χ1n) is 10.6. The van der Waals surface area contributed by atoms with E-state index >= 15 is 0 Å². The molecule has 1 unspecified atom stereocenters. The summed E-state index contributed by atoms with van der Waals surface area (Å²) in [6, 6.07) is 21.0. The molecule has 2 N–H and O–H groups in total. The summed E-state index contributed by atoms with van der Waals surface area (Å²) >= 11 is 0. The number of fused-ring (bicyclic) bond motifs is 1. The van der Waals surface area contributed by atoms with E-state index in [4.69, 9.17) is 0 Å². The fraction of sp³-hybridized carbons (Fsp3) is 0.192. The number of anilines is 3. The molecule has 3 aromatic carbocycles. The summed E-state index contributed by atoms with van der Waals surface area (Å²) in [5, 5.41) is 6.23. The van der Waals surface area contributed by atoms with E-state index < -0.39 is 23.8 Å². The molecule has 3 amide bonds. The lowest BCUT2D eigenvalue weighted by molar-refractivity contribution is -0.121. The minimum Gasteiger partial charge on any atom is -0.354 e. The van der Waals surface area contributed by atoms with Crippen LogP contribution < -0.4 is 10.6 Å². The number of amides is 3. The molecule has 0 radical (unpaired) electrons. The highest BCUT2D eigenvalue weighted by molar-refractivity contribution is 6.23. The zero-order valence-electron chi connectivity index (χ0n) is 18.3. The molecule has 0 spiro atoms. The van der Waals surface area contributed by atoms with Crippen LogP contribution in [0.2, 0.25) is 0 Å². The Hall–Kier alpha value is -3.93. The maximum Gasteiger partial charge on any atom is 0.262 e. The zero-order valence-corrected chi connectivity index (χ0v) is 18.3. The number of hydrogen-bond acceptors (Lipinski definition) is 4. The number of aryl methyl sites for hydroxylation is 1. The number of carbonyl (C=O) groups is 3. The summed E-state index contributed by atoms with van der Waals surface area (Å²) in [6.45, 7) is 5.66. The summed E-state index contributed by atoms with van der Waals surface area (Å²) in [7, 11) is 0. The third-order valence-corrected chi connectivity index (χ3v) is 5.52. The fourth-order valence-corrected chi connectivity index (χ4v) is 3.88. The van der Waals surface area contributed by atoms with Gasteiger partial charge in [0.05, 0.1) is 22.5 Å². The van der Waals surface area contributed by atoms with E-state index in [-0.39, 0.29) is 5.92 Å². The van der Waals surface area contributed by atoms with E-state index in [1.54, 1.807) is 30.3 Å². The van der Waals surface area contributed by atoms with Crippen LogP contribution >= 0.6 is 0 Å². The van der Waals surface area contributed by atoms with Crippen LogP contribution in [0.25, 0.3) is 0 Å². The minimum absolute atomic E-state index is 0.269. The lowest BCUT2D eigenvalue weighted by Gasteiger charge is -2.28. The molecule has 1 atom stereocenters. The number of para-hydroxylation sites is 2. The van der Waals surface area contributed by atoms with Gasteiger partial charge in [-0.05, 0) is 49.2 Å².